The quantitative estimate of drug-likeness (QED) is 0.122. The minimum absolute atomic E-state index is 0.708. The van der Waals surface area contributed by atoms with Crippen LogP contribution in [0.1, 0.15) is 274 Å². The summed E-state index contributed by atoms with van der Waals surface area (Å²) in [5.74, 6) is 3.70. The van der Waals surface area contributed by atoms with Crippen LogP contribution in [-0.2, 0) is 35.2 Å². The van der Waals surface area contributed by atoms with E-state index in [0.717, 1.165) is 23.7 Å². The second-order valence-corrected chi connectivity index (χ2v) is 38.5. The van der Waals surface area contributed by atoms with Crippen LogP contribution >= 0.6 is 0 Å². The topological polar surface area (TPSA) is 19.4 Å². The molecule has 0 N–H and O–H groups in total. The summed E-state index contributed by atoms with van der Waals surface area (Å²) in [6.45, 7) is 22.1. The molecule has 0 aliphatic heterocycles. The summed E-state index contributed by atoms with van der Waals surface area (Å²) in [6, 6.07) is 91.1. The van der Waals surface area contributed by atoms with E-state index in [0.29, 0.717) is 5.92 Å². The van der Waals surface area contributed by atoms with Gasteiger partial charge >= 0.3 is 0 Å². The maximum absolute atomic E-state index is 2.50. The van der Waals surface area contributed by atoms with Crippen molar-refractivity contribution in [1.29, 1.82) is 0 Å². The lowest BCUT2D eigenvalue weighted by atomic mass is 9.82. The first-order valence-corrected chi connectivity index (χ1v) is 48.2. The van der Waals surface area contributed by atoms with Crippen molar-refractivity contribution in [2.45, 2.75) is 259 Å². The number of aryl methyl sites for hydroxylation is 13. The highest BCUT2D eigenvalue weighted by molar-refractivity contribution is 5.87. The molecule has 0 unspecified atom stereocenters. The van der Waals surface area contributed by atoms with Gasteiger partial charge in [0, 0.05) is 115 Å². The maximum Gasteiger partial charge on any atom is 0.213 e. The van der Waals surface area contributed by atoms with Gasteiger partial charge in [-0.3, -0.25) is 0 Å². The number of hydrogen-bond donors (Lipinski definition) is 0. The predicted molar refractivity (Wildman–Crippen MR) is 529 cm³/mol. The summed E-state index contributed by atoms with van der Waals surface area (Å²) in [5, 5.41) is 7.11. The molecule has 20 rings (SSSR count). The van der Waals surface area contributed by atoms with E-state index in [1.807, 2.05) is 0 Å². The minimum atomic E-state index is 0.708. The monoisotopic (exact) mass is 1650 g/mol. The number of pyridine rings is 5. The van der Waals surface area contributed by atoms with E-state index < -0.39 is 0 Å². The molecule has 640 valence electrons. The molecule has 5 aromatic heterocycles. The fourth-order valence-corrected chi connectivity index (χ4v) is 22.7. The van der Waals surface area contributed by atoms with Crippen LogP contribution in [0.15, 0.2) is 243 Å². The Morgan fingerprint density at radius 1 is 0.200 bits per heavy atom. The van der Waals surface area contributed by atoms with E-state index in [9.17, 15) is 0 Å². The van der Waals surface area contributed by atoms with Crippen molar-refractivity contribution in [2.75, 3.05) is 0 Å². The molecule has 0 saturated heterocycles. The smallest absolute Gasteiger partial charge is 0.194 e. The molecule has 5 heterocycles. The van der Waals surface area contributed by atoms with Gasteiger partial charge in [-0.15, -0.1) is 0 Å². The van der Waals surface area contributed by atoms with E-state index >= 15 is 0 Å². The van der Waals surface area contributed by atoms with Crippen LogP contribution in [0.2, 0.25) is 0 Å². The summed E-state index contributed by atoms with van der Waals surface area (Å²) >= 11 is 0. The third-order valence-electron chi connectivity index (χ3n) is 30.1. The number of fused-ring (bicyclic) bond motifs is 5. The summed E-state index contributed by atoms with van der Waals surface area (Å²) in [4.78, 5) is 0. The highest BCUT2D eigenvalue weighted by Gasteiger charge is 2.30. The SMILES string of the molecule is Cc1cc(C)c(C)c(-c2cc(C3CCCCC3)c3ccccc3[n+]2C)c1.Cc1cc(C)c(C)c(-c2ccc3c(C4CCCCC4)cccc3[n+]2C)c1.Cc1ccc(C)c(-c2ccc3c(C4CCCCC4)cccc3[n+]2C)c1.Cc1ccccc1-c1ccc2c(C3CCCCC3)cccc2[n+]1C.Cc1ccccc1-c1ccc2cc(C3CCCCC3)ccc2[n+]1C. The Morgan fingerprint density at radius 3 is 0.968 bits per heavy atom. The van der Waals surface area contributed by atoms with Gasteiger partial charge in [-0.25, -0.2) is 0 Å². The number of para-hydroxylation sites is 1. The second kappa shape index (κ2) is 39.8. The molecule has 5 fully saturated rings. The molecule has 0 amide bonds. The number of aromatic nitrogens is 5. The van der Waals surface area contributed by atoms with Gasteiger partial charge in [0.2, 0.25) is 56.1 Å². The Morgan fingerprint density at radius 2 is 0.528 bits per heavy atom. The molecule has 10 aromatic carbocycles. The molecule has 0 atom stereocenters. The van der Waals surface area contributed by atoms with E-state index in [2.05, 4.69) is 370 Å². The molecule has 5 heteroatoms. The molecule has 5 saturated carbocycles. The molecule has 5 aliphatic rings. The largest absolute Gasteiger partial charge is 0.213 e. The zero-order chi connectivity index (χ0) is 86.9. The lowest BCUT2D eigenvalue weighted by molar-refractivity contribution is -0.633. The Kier molecular flexibility index (Phi) is 28.0. The average molecular weight is 1650 g/mol. The van der Waals surface area contributed by atoms with Crippen molar-refractivity contribution in [3.05, 3.63) is 326 Å². The summed E-state index contributed by atoms with van der Waals surface area (Å²) in [5.41, 5.74) is 41.3. The Hall–Kier alpha value is -10.8. The molecule has 5 nitrogen and oxygen atoms in total. The van der Waals surface area contributed by atoms with Crippen LogP contribution in [-0.4, -0.2) is 0 Å². The van der Waals surface area contributed by atoms with Gasteiger partial charge in [-0.2, -0.15) is 22.8 Å². The highest BCUT2D eigenvalue weighted by atomic mass is 15.0. The number of benzene rings is 10. The third kappa shape index (κ3) is 19.2. The minimum Gasteiger partial charge on any atom is -0.194 e. The Bertz CT molecular complexity index is 6360. The third-order valence-corrected chi connectivity index (χ3v) is 30.1. The first-order chi connectivity index (χ1) is 60.8. The number of rotatable bonds is 10. The fraction of sp³-hybridized carbons (Fsp3) is 0.375. The molecule has 5 aliphatic carbocycles. The van der Waals surface area contributed by atoms with Crippen molar-refractivity contribution < 1.29 is 22.8 Å². The van der Waals surface area contributed by atoms with Crippen LogP contribution in [0, 0.1) is 69.2 Å². The van der Waals surface area contributed by atoms with Crippen molar-refractivity contribution in [1.82, 2.24) is 0 Å². The van der Waals surface area contributed by atoms with Crippen molar-refractivity contribution in [3.8, 4) is 56.3 Å². The normalized spacial score (nSPS) is 15.6. The van der Waals surface area contributed by atoms with E-state index in [1.54, 1.807) is 22.3 Å². The van der Waals surface area contributed by atoms with Gasteiger partial charge < -0.3 is 0 Å². The standard InChI is InChI=1S/2C25H30N.C24H28N.2C23H26N/c1-17-14-18(2)19(3)22(15-17)25-16-23(20-10-6-5-7-11-20)21-12-8-9-13-24(21)26(25)4;1-17-15-18(2)19(3)23(16-17)25-14-13-22-21(20-9-6-5-7-10-20)11-8-12-24(22)26(25)4;1-17-12-13-18(2)22(16-17)24-15-14-21-20(19-8-5-4-6-9-19)10-7-11-23(21)25(24)3;1-17-9-6-7-12-19(17)23-16-15-21-20(18-10-4-3-5-11-18)13-8-14-22(21)24(23)2;1-17-8-6-7-11-21(17)23-15-13-20-16-19(12-14-22(20)24(23)2)18-9-4-3-5-10-18/h8-9,12-16,20H,5-7,10-11H2,1-4H3;8,11-16,20H,5-7,9-10H2,1-4H3;7,10-16,19H,4-6,8-9H2,1-3H3;6-9,12-16,18H,3-5,10-11H2,1-2H3;6-8,11-16,18H,3-5,9-10H2,1-2H3/q5*+1. The van der Waals surface area contributed by atoms with E-state index in [4.69, 9.17) is 0 Å². The zero-order valence-corrected chi connectivity index (χ0v) is 78.4. The molecule has 125 heavy (non-hydrogen) atoms. The van der Waals surface area contributed by atoms with Crippen molar-refractivity contribution in [3.63, 3.8) is 0 Å². The van der Waals surface area contributed by atoms with E-state index in [1.165, 1.54) is 333 Å². The zero-order valence-electron chi connectivity index (χ0n) is 78.4. The van der Waals surface area contributed by atoms with Crippen molar-refractivity contribution >= 4 is 54.5 Å². The maximum atomic E-state index is 2.50. The molecule has 0 bridgehead atoms. The van der Waals surface area contributed by atoms with Gasteiger partial charge in [-0.05, 0) is 297 Å². The van der Waals surface area contributed by atoms with Crippen molar-refractivity contribution in [2.24, 2.45) is 35.2 Å². The lowest BCUT2D eigenvalue weighted by Gasteiger charge is -2.23. The van der Waals surface area contributed by atoms with Crippen LogP contribution < -0.4 is 22.8 Å². The number of hydrogen-bond acceptors (Lipinski definition) is 0. The van der Waals surface area contributed by atoms with Gasteiger partial charge in [0.05, 0.1) is 0 Å². The van der Waals surface area contributed by atoms with Gasteiger partial charge in [0.1, 0.15) is 35.2 Å². The first kappa shape index (κ1) is 87.7. The van der Waals surface area contributed by atoms with Crippen LogP contribution in [0.5, 0.6) is 0 Å². The molecule has 0 spiro atoms. The predicted octanol–water partition coefficient (Wildman–Crippen LogP) is 30.0. The molecular weight excluding hydrogens is 1510 g/mol. The van der Waals surface area contributed by atoms with Crippen LogP contribution in [0.3, 0.4) is 0 Å². The molecular formula is C120H140N5+5. The van der Waals surface area contributed by atoms with Gasteiger partial charge in [-0.1, -0.05) is 228 Å². The Balaban J connectivity index is 0.000000115. The summed E-state index contributed by atoms with van der Waals surface area (Å²) < 4.78 is 11.9. The van der Waals surface area contributed by atoms with E-state index in [-0.39, 0.29) is 0 Å². The fourth-order valence-electron chi connectivity index (χ4n) is 22.7. The van der Waals surface area contributed by atoms with Gasteiger partial charge in [0.15, 0.2) is 0 Å². The van der Waals surface area contributed by atoms with Gasteiger partial charge in [0.25, 0.3) is 0 Å². The average Bonchev–Trinajstić information content (AvgIpc) is 0.767. The summed E-state index contributed by atoms with van der Waals surface area (Å²) in [7, 11) is 11.0. The Labute approximate surface area is 749 Å². The van der Waals surface area contributed by atoms with Crippen LogP contribution in [0.4, 0.5) is 0 Å². The lowest BCUT2D eigenvalue weighted by Crippen LogP contribution is -2.33. The number of nitrogens with zero attached hydrogens (tertiary/aromatic N) is 5. The second-order valence-electron chi connectivity index (χ2n) is 38.5. The molecule has 15 aromatic rings. The van der Waals surface area contributed by atoms with Crippen LogP contribution in [0.25, 0.3) is 111 Å². The molecule has 0 radical (unpaired) electrons. The first-order valence-electron chi connectivity index (χ1n) is 48.2. The summed E-state index contributed by atoms with van der Waals surface area (Å²) in [6.07, 6.45) is 34.4. The highest BCUT2D eigenvalue weighted by Crippen LogP contribution is 2.44.